The van der Waals surface area contributed by atoms with Crippen molar-refractivity contribution >= 4 is 101 Å². The first-order valence-electron chi connectivity index (χ1n) is 40.1. The van der Waals surface area contributed by atoms with E-state index in [2.05, 4.69) is 109 Å². The Morgan fingerprint density at radius 3 is 1.16 bits per heavy atom. The Morgan fingerprint density at radius 2 is 0.773 bits per heavy atom. The zero-order chi connectivity index (χ0) is 89.7. The molecule has 2 saturated heterocycles. The largest absolute Gasteiger partial charge is 0.493 e. The van der Waals surface area contributed by atoms with Crippen LogP contribution in [0.15, 0.2) is 260 Å². The van der Waals surface area contributed by atoms with Crippen LogP contribution in [0.4, 0.5) is 62.1 Å². The van der Waals surface area contributed by atoms with E-state index in [1.807, 2.05) is 137 Å². The molecule has 3 aliphatic heterocycles. The van der Waals surface area contributed by atoms with Gasteiger partial charge in [-0.2, -0.15) is 38.7 Å². The number of aromatic nitrogens is 12. The minimum absolute atomic E-state index is 0.00647. The van der Waals surface area contributed by atoms with Gasteiger partial charge in [0.1, 0.15) is 18.1 Å². The van der Waals surface area contributed by atoms with Crippen molar-refractivity contribution in [2.45, 2.75) is 71.4 Å². The van der Waals surface area contributed by atoms with Gasteiger partial charge in [-0.15, -0.1) is 26.8 Å². The highest BCUT2D eigenvalue weighted by Crippen LogP contribution is 2.31. The Bertz CT molecular complexity index is 6380. The summed E-state index contributed by atoms with van der Waals surface area (Å²) in [7, 11) is 0. The van der Waals surface area contributed by atoms with Crippen molar-refractivity contribution in [3.8, 4) is 40.8 Å². The van der Waals surface area contributed by atoms with Crippen molar-refractivity contribution in [1.82, 2.24) is 69.7 Å². The number of fused-ring (bicyclic) bond motifs is 1. The molecule has 7 heterocycles. The van der Waals surface area contributed by atoms with Gasteiger partial charge in [0.15, 0.2) is 0 Å². The molecule has 0 unspecified atom stereocenters. The summed E-state index contributed by atoms with van der Waals surface area (Å²) in [5, 5.41) is 48.2. The molecule has 17 rings (SSSR count). The highest BCUT2D eigenvalue weighted by molar-refractivity contribution is 6.08. The number of nitrogens with one attached hydrogen (secondary N) is 10. The summed E-state index contributed by atoms with van der Waals surface area (Å²) in [5.41, 5.74) is 19.3. The second-order valence-electron chi connectivity index (χ2n) is 29.1. The quantitative estimate of drug-likeness (QED) is 0.0138. The molecule has 4 aromatic heterocycles. The lowest BCUT2D eigenvalue weighted by Crippen LogP contribution is -2.35. The average molecular weight is 1720 g/mol. The predicted octanol–water partition coefficient (Wildman–Crippen LogP) is 14.0. The summed E-state index contributed by atoms with van der Waals surface area (Å²) in [6.07, 6.45) is 4.23. The van der Waals surface area contributed by atoms with Gasteiger partial charge in [0.25, 0.3) is 59.2 Å². The van der Waals surface area contributed by atoms with E-state index in [0.29, 0.717) is 68.4 Å². The Labute approximate surface area is 730 Å². The van der Waals surface area contributed by atoms with E-state index in [1.165, 1.54) is 24.8 Å². The maximum Gasteiger partial charge on any atom is 0.258 e. The molecule has 4 atom stereocenters. The van der Waals surface area contributed by atoms with Gasteiger partial charge in [0.05, 0.1) is 41.4 Å². The number of ether oxygens (including phenoxy) is 1. The van der Waals surface area contributed by atoms with Gasteiger partial charge >= 0.3 is 0 Å². The minimum Gasteiger partial charge on any atom is -0.493 e. The lowest BCUT2D eigenvalue weighted by Gasteiger charge is -2.09. The first-order valence-corrected chi connectivity index (χ1v) is 40.1. The molecule has 0 bridgehead atoms. The number of benzene rings is 10. The summed E-state index contributed by atoms with van der Waals surface area (Å²) in [5.74, 6) is 0.969. The normalized spacial score (nSPS) is 14.4. The van der Waals surface area contributed by atoms with Crippen LogP contribution in [0, 0.1) is 40.0 Å². The molecule has 14 aromatic rings. The molecular formula is C92H81F2N25O9. The number of para-hydroxylation sites is 3. The third-order valence-electron chi connectivity index (χ3n) is 20.1. The molecule has 10 aromatic carbocycles. The van der Waals surface area contributed by atoms with E-state index in [4.69, 9.17) is 16.7 Å². The molecule has 10 N–H and O–H groups in total. The molecule has 0 aliphatic carbocycles. The Kier molecular flexibility index (Phi) is 27.8. The summed E-state index contributed by atoms with van der Waals surface area (Å²) in [4.78, 5) is 122. The maximum atomic E-state index is 13.4. The van der Waals surface area contributed by atoms with Gasteiger partial charge in [-0.05, 0) is 176 Å². The standard InChI is InChI=1S/C26H23N5O3.C24H16N8O2.2C21H21FN6O2/c1-16-7-3-5-9-20(16)23(32)27-25-29-26(28-24(33)21-10-6-4-8-17(21)2)31(30-25)19-11-12-22-18(15-19)13-14-34-22;1-2-16-11-13-17(14-12-16)21(33)26-23-28-24(32(30-23)20-9-4-3-5-10-20)27-22(34)18-7-6-8-19(15-18)29-31-25;2*1-13-7-5-6-10-16(13)18(29)25-21-26-20(24-19(30)17-11-14(22)12-23-17)27-28(21)15-8-3-2-4-9-15/h3-12,15H,13-14H2,1-2H3,(H2,27,28,29,30,32,33);1,3-15H,(H2,26,27,28,30,33,34);2*2-10,14,17,23H,11-12H2,1H3,(H2,24,25,26,27,29,30)/t;;14-,17+;14-,17-/m..10/s1. The fraction of sp³-hybridized carbons (Fsp3) is 0.152. The van der Waals surface area contributed by atoms with Gasteiger partial charge in [0, 0.05) is 81.9 Å². The third-order valence-corrected chi connectivity index (χ3v) is 20.1. The summed E-state index contributed by atoms with van der Waals surface area (Å²) in [6.45, 7) is 8.33. The molecule has 8 amide bonds. The Hall–Kier alpha value is -17.0. The van der Waals surface area contributed by atoms with Gasteiger partial charge in [-0.1, -0.05) is 151 Å². The van der Waals surface area contributed by atoms with Crippen LogP contribution in [0.25, 0.3) is 33.2 Å². The van der Waals surface area contributed by atoms with Crippen molar-refractivity contribution in [3.63, 3.8) is 0 Å². The number of aryl methyl sites for hydroxylation is 4. The van der Waals surface area contributed by atoms with Crippen molar-refractivity contribution in [3.05, 3.63) is 332 Å². The number of rotatable bonds is 21. The second-order valence-corrected chi connectivity index (χ2v) is 29.1. The lowest BCUT2D eigenvalue weighted by atomic mass is 10.1. The number of amides is 8. The maximum absolute atomic E-state index is 13.4. The number of carbonyl (C=O) groups excluding carboxylic acids is 8. The number of nitrogens with zero attached hydrogens (tertiary/aromatic N) is 15. The van der Waals surface area contributed by atoms with Gasteiger partial charge in [0.2, 0.25) is 35.6 Å². The summed E-state index contributed by atoms with van der Waals surface area (Å²) >= 11 is 0. The van der Waals surface area contributed by atoms with Crippen molar-refractivity contribution in [1.29, 1.82) is 0 Å². The smallest absolute Gasteiger partial charge is 0.258 e. The van der Waals surface area contributed by atoms with Gasteiger partial charge < -0.3 is 15.4 Å². The molecule has 0 saturated carbocycles. The molecular weight excluding hydrogens is 1640 g/mol. The third kappa shape index (κ3) is 21.9. The predicted molar refractivity (Wildman–Crippen MR) is 477 cm³/mol. The Balaban J connectivity index is 0.000000138. The first kappa shape index (κ1) is 87.3. The average Bonchev–Trinajstić information content (AvgIpc) is 1.64. The van der Waals surface area contributed by atoms with E-state index in [9.17, 15) is 47.1 Å². The van der Waals surface area contributed by atoms with Crippen LogP contribution in [-0.2, 0) is 16.0 Å². The summed E-state index contributed by atoms with van der Waals surface area (Å²) < 4.78 is 38.1. The van der Waals surface area contributed by atoms with Crippen LogP contribution in [-0.4, -0.2) is 150 Å². The van der Waals surface area contributed by atoms with E-state index in [1.54, 1.807) is 140 Å². The molecule has 2 fully saturated rings. The van der Waals surface area contributed by atoms with Crippen LogP contribution in [0.5, 0.6) is 5.75 Å². The van der Waals surface area contributed by atoms with E-state index >= 15 is 0 Å². The highest BCUT2D eigenvalue weighted by atomic mass is 19.1. The fourth-order valence-electron chi connectivity index (χ4n) is 13.5. The molecule has 36 heteroatoms. The zero-order valence-corrected chi connectivity index (χ0v) is 69.0. The van der Waals surface area contributed by atoms with Crippen molar-refractivity contribution in [2.75, 3.05) is 62.2 Å². The van der Waals surface area contributed by atoms with Crippen LogP contribution in [0.1, 0.15) is 108 Å². The number of alkyl halides is 2. The topological polar surface area (TPSA) is 438 Å². The van der Waals surface area contributed by atoms with Crippen LogP contribution in [0.2, 0.25) is 0 Å². The van der Waals surface area contributed by atoms with Crippen molar-refractivity contribution < 1.29 is 51.9 Å². The molecule has 128 heavy (non-hydrogen) atoms. The Morgan fingerprint density at radius 1 is 0.414 bits per heavy atom. The van der Waals surface area contributed by atoms with Crippen molar-refractivity contribution in [2.24, 2.45) is 5.11 Å². The number of anilines is 8. The van der Waals surface area contributed by atoms with Crippen LogP contribution < -0.4 is 57.9 Å². The van der Waals surface area contributed by atoms with E-state index < -0.39 is 48.1 Å². The van der Waals surface area contributed by atoms with Crippen LogP contribution >= 0.6 is 0 Å². The van der Waals surface area contributed by atoms with E-state index in [-0.39, 0.29) is 103 Å². The van der Waals surface area contributed by atoms with E-state index in [0.717, 1.165) is 40.0 Å². The zero-order valence-electron chi connectivity index (χ0n) is 69.0. The number of hydrogen-bond donors (Lipinski definition) is 10. The number of halogens is 2. The van der Waals surface area contributed by atoms with Gasteiger partial charge in [-0.25, -0.2) is 8.78 Å². The van der Waals surface area contributed by atoms with Gasteiger partial charge in [-0.3, -0.25) is 80.9 Å². The molecule has 0 radical (unpaired) electrons. The highest BCUT2D eigenvalue weighted by Gasteiger charge is 2.33. The fourth-order valence-corrected chi connectivity index (χ4v) is 13.5. The molecule has 642 valence electrons. The summed E-state index contributed by atoms with van der Waals surface area (Å²) in [6, 6.07) is 73.2. The molecule has 0 spiro atoms. The number of azide groups is 1. The molecule has 3 aliphatic rings. The van der Waals surface area contributed by atoms with Crippen LogP contribution in [0.3, 0.4) is 0 Å². The minimum atomic E-state index is -1.06. The monoisotopic (exact) mass is 1720 g/mol. The number of terminal acetylenes is 1. The number of carbonyl (C=O) groups is 8. The second kappa shape index (κ2) is 40.8. The molecule has 34 nitrogen and oxygen atoms in total. The lowest BCUT2D eigenvalue weighted by molar-refractivity contribution is -0.118. The first-order chi connectivity index (χ1) is 62.1. The SMILES string of the molecule is C#Cc1ccc(C(=O)Nc2nc(NC(=O)c3cccc(N=[N+]=[N-])c3)n(-c3ccccc3)n2)cc1.Cc1ccccc1C(=O)Nc1nc(NC(=O)[C@@H]2C[C@@H](F)CN2)nn1-c1ccccc1.Cc1ccccc1C(=O)Nc1nc(NC(=O)[C@@H]2C[C@H](F)CN2)nn1-c1ccccc1.Cc1ccccc1C(=O)Nc1nc(NC(=O)c2ccccc2C)n(-c2ccc3c(c2)CCO3)n1. The number of hydrogen-bond acceptors (Lipinski definition) is 20.